The van der Waals surface area contributed by atoms with Gasteiger partial charge < -0.3 is 15.2 Å². The molecule has 0 heterocycles. The quantitative estimate of drug-likeness (QED) is 0.481. The number of esters is 1. The molecule has 26 heavy (non-hydrogen) atoms. The smallest absolute Gasteiger partial charge is 0.327 e. The molecule has 146 valence electrons. The standard InChI is InChI=1S/C16H23BrN2O6S/c1-4-16(2,3)18-14(21)10-25-15(22)13(9-20)19-26(23,24)12-7-5-11(17)6-8-12/h5-8,13,19-20H,4,9-10H2,1-3H3,(H,18,21). The fraction of sp³-hybridized carbons (Fsp3) is 0.500. The molecule has 0 aliphatic rings. The molecule has 0 spiro atoms. The van der Waals surface area contributed by atoms with Gasteiger partial charge >= 0.3 is 5.97 Å². The third-order valence-electron chi connectivity index (χ3n) is 3.60. The van der Waals surface area contributed by atoms with E-state index >= 15 is 0 Å². The highest BCUT2D eigenvalue weighted by atomic mass is 79.9. The summed E-state index contributed by atoms with van der Waals surface area (Å²) in [6, 6.07) is 4.22. The molecule has 1 aromatic carbocycles. The molecule has 0 aromatic heterocycles. The summed E-state index contributed by atoms with van der Waals surface area (Å²) >= 11 is 3.19. The van der Waals surface area contributed by atoms with E-state index in [0.29, 0.717) is 10.9 Å². The minimum atomic E-state index is -4.04. The van der Waals surface area contributed by atoms with E-state index in [9.17, 15) is 23.1 Å². The van der Waals surface area contributed by atoms with E-state index in [1.165, 1.54) is 24.3 Å². The predicted molar refractivity (Wildman–Crippen MR) is 98.8 cm³/mol. The van der Waals surface area contributed by atoms with Crippen molar-refractivity contribution in [2.24, 2.45) is 0 Å². The van der Waals surface area contributed by atoms with Crippen LogP contribution in [0.5, 0.6) is 0 Å². The number of sulfonamides is 1. The van der Waals surface area contributed by atoms with Crippen LogP contribution >= 0.6 is 15.9 Å². The second kappa shape index (κ2) is 9.45. The average Bonchev–Trinajstić information content (AvgIpc) is 2.57. The van der Waals surface area contributed by atoms with Gasteiger partial charge in [-0.15, -0.1) is 0 Å². The fourth-order valence-corrected chi connectivity index (χ4v) is 3.21. The molecule has 0 radical (unpaired) electrons. The Kier molecular flexibility index (Phi) is 8.19. The number of aliphatic hydroxyl groups is 1. The van der Waals surface area contributed by atoms with Crippen molar-refractivity contribution < 1.29 is 27.9 Å². The van der Waals surface area contributed by atoms with Gasteiger partial charge in [0.05, 0.1) is 11.5 Å². The Balaban J connectivity index is 2.69. The minimum Gasteiger partial charge on any atom is -0.454 e. The highest BCUT2D eigenvalue weighted by Gasteiger charge is 2.27. The van der Waals surface area contributed by atoms with Crippen molar-refractivity contribution >= 4 is 37.8 Å². The van der Waals surface area contributed by atoms with E-state index in [2.05, 4.69) is 26.0 Å². The number of benzene rings is 1. The molecule has 0 aliphatic heterocycles. The van der Waals surface area contributed by atoms with Crippen LogP contribution in [0.4, 0.5) is 0 Å². The Bertz CT molecular complexity index is 734. The molecule has 0 saturated heterocycles. The molecule has 0 saturated carbocycles. The minimum absolute atomic E-state index is 0.0746. The number of nitrogens with one attached hydrogen (secondary N) is 2. The van der Waals surface area contributed by atoms with Crippen LogP contribution in [0.1, 0.15) is 27.2 Å². The van der Waals surface area contributed by atoms with Gasteiger partial charge in [0.15, 0.2) is 6.61 Å². The lowest BCUT2D eigenvalue weighted by Gasteiger charge is -2.24. The molecule has 1 rings (SSSR count). The summed E-state index contributed by atoms with van der Waals surface area (Å²) in [5.41, 5.74) is -0.455. The number of ether oxygens (including phenoxy) is 1. The number of carbonyl (C=O) groups excluding carboxylic acids is 2. The van der Waals surface area contributed by atoms with Crippen molar-refractivity contribution in [1.82, 2.24) is 10.0 Å². The van der Waals surface area contributed by atoms with Crippen LogP contribution in [0.2, 0.25) is 0 Å². The number of aliphatic hydroxyl groups excluding tert-OH is 1. The molecular formula is C16H23BrN2O6S. The number of carbonyl (C=O) groups is 2. The molecule has 1 atom stereocenters. The second-order valence-electron chi connectivity index (χ2n) is 6.20. The van der Waals surface area contributed by atoms with E-state index in [1.54, 1.807) is 0 Å². The first-order valence-corrected chi connectivity index (χ1v) is 10.1. The van der Waals surface area contributed by atoms with Gasteiger partial charge in [0.25, 0.3) is 5.91 Å². The topological polar surface area (TPSA) is 122 Å². The first-order valence-electron chi connectivity index (χ1n) is 7.87. The molecule has 8 nitrogen and oxygen atoms in total. The number of amides is 1. The van der Waals surface area contributed by atoms with Crippen LogP contribution in [0, 0.1) is 0 Å². The van der Waals surface area contributed by atoms with Crippen molar-refractivity contribution in [3.63, 3.8) is 0 Å². The largest absolute Gasteiger partial charge is 0.454 e. The van der Waals surface area contributed by atoms with Crippen LogP contribution < -0.4 is 10.0 Å². The van der Waals surface area contributed by atoms with Crippen LogP contribution in [0.25, 0.3) is 0 Å². The molecule has 1 unspecified atom stereocenters. The maximum absolute atomic E-state index is 12.3. The van der Waals surface area contributed by atoms with Gasteiger partial charge in [0.2, 0.25) is 10.0 Å². The first kappa shape index (κ1) is 22.6. The Morgan fingerprint density at radius 3 is 2.35 bits per heavy atom. The third-order valence-corrected chi connectivity index (χ3v) is 5.61. The van der Waals surface area contributed by atoms with Crippen molar-refractivity contribution in [3.05, 3.63) is 28.7 Å². The lowest BCUT2D eigenvalue weighted by atomic mass is 10.0. The molecule has 0 aliphatic carbocycles. The Morgan fingerprint density at radius 2 is 1.85 bits per heavy atom. The summed E-state index contributed by atoms with van der Waals surface area (Å²) in [7, 11) is -4.04. The van der Waals surface area contributed by atoms with E-state index in [0.717, 1.165) is 0 Å². The van der Waals surface area contributed by atoms with Gasteiger partial charge in [0.1, 0.15) is 6.04 Å². The van der Waals surface area contributed by atoms with Crippen LogP contribution in [-0.4, -0.2) is 50.2 Å². The van der Waals surface area contributed by atoms with Gasteiger partial charge in [0, 0.05) is 10.0 Å². The molecular weight excluding hydrogens is 428 g/mol. The monoisotopic (exact) mass is 450 g/mol. The molecule has 10 heteroatoms. The lowest BCUT2D eigenvalue weighted by molar-refractivity contribution is -0.151. The van der Waals surface area contributed by atoms with Gasteiger partial charge in [-0.25, -0.2) is 8.42 Å². The van der Waals surface area contributed by atoms with Gasteiger partial charge in [-0.05, 0) is 44.5 Å². The SMILES string of the molecule is CCC(C)(C)NC(=O)COC(=O)C(CO)NS(=O)(=O)c1ccc(Br)cc1. The number of hydrogen-bond acceptors (Lipinski definition) is 6. The number of hydrogen-bond donors (Lipinski definition) is 3. The summed E-state index contributed by atoms with van der Waals surface area (Å²) in [4.78, 5) is 23.7. The lowest BCUT2D eigenvalue weighted by Crippen LogP contribution is -2.47. The molecule has 3 N–H and O–H groups in total. The average molecular weight is 451 g/mol. The molecule has 1 aromatic rings. The van der Waals surface area contributed by atoms with E-state index in [4.69, 9.17) is 4.74 Å². The van der Waals surface area contributed by atoms with Crippen LogP contribution in [0.3, 0.4) is 0 Å². The normalized spacial score (nSPS) is 13.1. The van der Waals surface area contributed by atoms with Crippen LogP contribution in [-0.2, 0) is 24.3 Å². The Morgan fingerprint density at radius 1 is 1.27 bits per heavy atom. The predicted octanol–water partition coefficient (Wildman–Crippen LogP) is 0.936. The molecule has 1 amide bonds. The number of rotatable bonds is 9. The summed E-state index contributed by atoms with van der Waals surface area (Å²) < 4.78 is 32.1. The van der Waals surface area contributed by atoms with E-state index in [1.807, 2.05) is 20.8 Å². The van der Waals surface area contributed by atoms with Crippen LogP contribution in [0.15, 0.2) is 33.6 Å². The zero-order chi connectivity index (χ0) is 20.0. The Hall–Kier alpha value is -1.49. The van der Waals surface area contributed by atoms with E-state index in [-0.39, 0.29) is 4.90 Å². The zero-order valence-electron chi connectivity index (χ0n) is 14.8. The van der Waals surface area contributed by atoms with Crippen molar-refractivity contribution in [2.75, 3.05) is 13.2 Å². The zero-order valence-corrected chi connectivity index (χ0v) is 17.2. The number of halogens is 1. The second-order valence-corrected chi connectivity index (χ2v) is 8.83. The van der Waals surface area contributed by atoms with Gasteiger partial charge in [-0.1, -0.05) is 22.9 Å². The molecule has 0 fully saturated rings. The third kappa shape index (κ3) is 7.02. The van der Waals surface area contributed by atoms with Crippen molar-refractivity contribution in [3.8, 4) is 0 Å². The fourth-order valence-electron chi connectivity index (χ4n) is 1.77. The first-order chi connectivity index (χ1) is 12.0. The summed E-state index contributed by atoms with van der Waals surface area (Å²) in [6.45, 7) is 4.14. The van der Waals surface area contributed by atoms with Gasteiger partial charge in [-0.3, -0.25) is 9.59 Å². The van der Waals surface area contributed by atoms with E-state index < -0.39 is 46.7 Å². The summed E-state index contributed by atoms with van der Waals surface area (Å²) in [5.74, 6) is -1.56. The highest BCUT2D eigenvalue weighted by Crippen LogP contribution is 2.15. The van der Waals surface area contributed by atoms with Gasteiger partial charge in [-0.2, -0.15) is 4.72 Å². The maximum atomic E-state index is 12.3. The maximum Gasteiger partial charge on any atom is 0.327 e. The van der Waals surface area contributed by atoms with Crippen molar-refractivity contribution in [2.45, 2.75) is 43.7 Å². The summed E-state index contributed by atoms with van der Waals surface area (Å²) in [5, 5.41) is 12.0. The highest BCUT2D eigenvalue weighted by molar-refractivity contribution is 9.10. The molecule has 0 bridgehead atoms. The Labute approximate surface area is 161 Å². The summed E-state index contributed by atoms with van der Waals surface area (Å²) in [6.07, 6.45) is 0.680. The van der Waals surface area contributed by atoms with Crippen molar-refractivity contribution in [1.29, 1.82) is 0 Å².